The molecule has 0 saturated carbocycles. The first kappa shape index (κ1) is 18.1. The molecule has 0 aliphatic rings. The van der Waals surface area contributed by atoms with Crippen LogP contribution in [-0.4, -0.2) is 22.0 Å². The Morgan fingerprint density at radius 3 is 2.81 bits per heavy atom. The predicted octanol–water partition coefficient (Wildman–Crippen LogP) is 4.13. The first-order chi connectivity index (χ1) is 12.4. The molecule has 0 unspecified atom stereocenters. The van der Waals surface area contributed by atoms with E-state index in [1.807, 2.05) is 52.0 Å². The van der Waals surface area contributed by atoms with Gasteiger partial charge >= 0.3 is 0 Å². The number of nitrogens with one attached hydrogen (secondary N) is 1. The lowest BCUT2D eigenvalue weighted by Crippen LogP contribution is -2.23. The smallest absolute Gasteiger partial charge is 0.263 e. The second-order valence-corrected chi connectivity index (χ2v) is 7.16. The van der Waals surface area contributed by atoms with Crippen LogP contribution in [-0.2, 0) is 6.54 Å². The minimum Gasteiger partial charge on any atom is -0.475 e. The third kappa shape index (κ3) is 4.11. The lowest BCUT2D eigenvalue weighted by atomic mass is 10.2. The molecule has 3 rings (SSSR count). The Bertz CT molecular complexity index is 914. The fourth-order valence-corrected chi connectivity index (χ4v) is 3.35. The van der Waals surface area contributed by atoms with Crippen molar-refractivity contribution in [2.75, 3.05) is 0 Å². The molecular formula is C19H21N3O3S. The first-order valence-corrected chi connectivity index (χ1v) is 9.18. The summed E-state index contributed by atoms with van der Waals surface area (Å²) in [7, 11) is 0. The summed E-state index contributed by atoms with van der Waals surface area (Å²) in [6.45, 7) is 7.91. The highest BCUT2D eigenvalue weighted by Gasteiger charge is 2.18. The van der Waals surface area contributed by atoms with Gasteiger partial charge in [-0.15, -0.1) is 11.3 Å². The number of hydrogen-bond donors (Lipinski definition) is 1. The molecule has 0 fully saturated rings. The second kappa shape index (κ2) is 7.70. The number of pyridine rings is 1. The summed E-state index contributed by atoms with van der Waals surface area (Å²) in [6.07, 6.45) is 1.69. The van der Waals surface area contributed by atoms with Crippen LogP contribution in [0.25, 0.3) is 10.8 Å². The molecule has 0 saturated heterocycles. The van der Waals surface area contributed by atoms with Gasteiger partial charge in [-0.25, -0.2) is 9.97 Å². The topological polar surface area (TPSA) is 77.2 Å². The second-order valence-electron chi connectivity index (χ2n) is 6.16. The van der Waals surface area contributed by atoms with Gasteiger partial charge in [0.15, 0.2) is 10.8 Å². The molecule has 0 radical (unpaired) electrons. The van der Waals surface area contributed by atoms with Crippen LogP contribution >= 0.6 is 11.3 Å². The quantitative estimate of drug-likeness (QED) is 0.705. The molecule has 1 N–H and O–H groups in total. The highest BCUT2D eigenvalue weighted by molar-refractivity contribution is 7.17. The van der Waals surface area contributed by atoms with Crippen molar-refractivity contribution in [2.24, 2.45) is 0 Å². The van der Waals surface area contributed by atoms with Crippen molar-refractivity contribution < 1.29 is 13.9 Å². The van der Waals surface area contributed by atoms with E-state index in [1.54, 1.807) is 6.20 Å². The van der Waals surface area contributed by atoms with Gasteiger partial charge in [0, 0.05) is 18.3 Å². The molecule has 0 bridgehead atoms. The molecule has 3 aromatic rings. The van der Waals surface area contributed by atoms with Gasteiger partial charge in [0.1, 0.15) is 10.6 Å². The van der Waals surface area contributed by atoms with E-state index in [1.165, 1.54) is 11.3 Å². The van der Waals surface area contributed by atoms with Crippen LogP contribution in [0.5, 0.6) is 5.88 Å². The summed E-state index contributed by atoms with van der Waals surface area (Å²) >= 11 is 1.32. The largest absolute Gasteiger partial charge is 0.475 e. The van der Waals surface area contributed by atoms with Crippen molar-refractivity contribution in [1.29, 1.82) is 0 Å². The van der Waals surface area contributed by atoms with Crippen LogP contribution in [0.4, 0.5) is 0 Å². The number of furan rings is 1. The molecule has 26 heavy (non-hydrogen) atoms. The van der Waals surface area contributed by atoms with E-state index in [0.717, 1.165) is 11.3 Å². The Hall–Kier alpha value is -2.67. The van der Waals surface area contributed by atoms with Gasteiger partial charge in [0.05, 0.1) is 11.8 Å². The van der Waals surface area contributed by atoms with Crippen molar-refractivity contribution in [3.63, 3.8) is 0 Å². The molecule has 3 aromatic heterocycles. The number of nitrogens with zero attached hydrogens (tertiary/aromatic N) is 2. The molecule has 7 heteroatoms. The summed E-state index contributed by atoms with van der Waals surface area (Å²) in [5, 5.41) is 3.62. The SMILES string of the molecule is Cc1ccc(-c2nc(C)c(C(=O)NCc3cccnc3OC(C)C)s2)o1. The maximum Gasteiger partial charge on any atom is 0.263 e. The molecule has 0 aliphatic heterocycles. The zero-order chi connectivity index (χ0) is 18.7. The minimum atomic E-state index is -0.172. The molecule has 3 heterocycles. The highest BCUT2D eigenvalue weighted by atomic mass is 32.1. The number of carbonyl (C=O) groups is 1. The molecule has 1 amide bonds. The summed E-state index contributed by atoms with van der Waals surface area (Å²) in [5.41, 5.74) is 1.51. The number of thiazole rings is 1. The Balaban J connectivity index is 1.72. The van der Waals surface area contributed by atoms with Gasteiger partial charge < -0.3 is 14.5 Å². The maximum atomic E-state index is 12.6. The van der Waals surface area contributed by atoms with Gasteiger partial charge in [-0.1, -0.05) is 6.07 Å². The van der Waals surface area contributed by atoms with Crippen LogP contribution in [0.15, 0.2) is 34.9 Å². The highest BCUT2D eigenvalue weighted by Crippen LogP contribution is 2.29. The number of ether oxygens (including phenoxy) is 1. The van der Waals surface area contributed by atoms with Crippen molar-refractivity contribution in [1.82, 2.24) is 15.3 Å². The number of aryl methyl sites for hydroxylation is 2. The lowest BCUT2D eigenvalue weighted by molar-refractivity contribution is 0.0953. The van der Waals surface area contributed by atoms with Gasteiger partial charge in [0.2, 0.25) is 5.88 Å². The minimum absolute atomic E-state index is 0.0161. The van der Waals surface area contributed by atoms with E-state index < -0.39 is 0 Å². The van der Waals surface area contributed by atoms with E-state index in [9.17, 15) is 4.79 Å². The summed E-state index contributed by atoms with van der Waals surface area (Å²) in [5.74, 6) is 1.85. The van der Waals surface area contributed by atoms with Gasteiger partial charge in [0.25, 0.3) is 5.91 Å². The van der Waals surface area contributed by atoms with E-state index in [2.05, 4.69) is 15.3 Å². The van der Waals surface area contributed by atoms with Crippen molar-refractivity contribution in [3.05, 3.63) is 52.4 Å². The lowest BCUT2D eigenvalue weighted by Gasteiger charge is -2.13. The van der Waals surface area contributed by atoms with Crippen LogP contribution in [0.1, 0.15) is 40.5 Å². The van der Waals surface area contributed by atoms with Gasteiger partial charge in [-0.2, -0.15) is 0 Å². The van der Waals surface area contributed by atoms with Crippen LogP contribution in [0.3, 0.4) is 0 Å². The molecular weight excluding hydrogens is 350 g/mol. The fraction of sp³-hybridized carbons (Fsp3) is 0.316. The predicted molar refractivity (Wildman–Crippen MR) is 100 cm³/mol. The zero-order valence-corrected chi connectivity index (χ0v) is 16.0. The van der Waals surface area contributed by atoms with E-state index in [-0.39, 0.29) is 12.0 Å². The molecule has 0 spiro atoms. The Kier molecular flexibility index (Phi) is 5.37. The molecule has 0 aliphatic carbocycles. The molecule has 136 valence electrons. The third-order valence-electron chi connectivity index (χ3n) is 3.59. The van der Waals surface area contributed by atoms with Crippen LogP contribution in [0.2, 0.25) is 0 Å². The molecule has 6 nitrogen and oxygen atoms in total. The Morgan fingerprint density at radius 1 is 1.31 bits per heavy atom. The van der Waals surface area contributed by atoms with Crippen molar-refractivity contribution >= 4 is 17.2 Å². The summed E-state index contributed by atoms with van der Waals surface area (Å²) < 4.78 is 11.3. The Labute approximate surface area is 156 Å². The van der Waals surface area contributed by atoms with Gasteiger partial charge in [-0.3, -0.25) is 4.79 Å². The van der Waals surface area contributed by atoms with E-state index >= 15 is 0 Å². The summed E-state index contributed by atoms with van der Waals surface area (Å²) in [4.78, 5) is 21.9. The standard InChI is InChI=1S/C19H21N3O3S/c1-11(2)24-18-14(6-5-9-20-18)10-21-17(23)16-13(4)22-19(26-16)15-8-7-12(3)25-15/h5-9,11H,10H2,1-4H3,(H,21,23). The number of carbonyl (C=O) groups excluding carboxylic acids is 1. The van der Waals surface area contributed by atoms with Crippen LogP contribution in [0, 0.1) is 13.8 Å². The Morgan fingerprint density at radius 2 is 2.12 bits per heavy atom. The number of aromatic nitrogens is 2. The van der Waals surface area contributed by atoms with Crippen molar-refractivity contribution in [2.45, 2.75) is 40.3 Å². The average molecular weight is 371 g/mol. The maximum absolute atomic E-state index is 12.6. The third-order valence-corrected chi connectivity index (χ3v) is 4.76. The monoisotopic (exact) mass is 371 g/mol. The normalized spacial score (nSPS) is 11.0. The zero-order valence-electron chi connectivity index (χ0n) is 15.2. The number of hydrogen-bond acceptors (Lipinski definition) is 6. The summed E-state index contributed by atoms with van der Waals surface area (Å²) in [6, 6.07) is 7.45. The van der Waals surface area contributed by atoms with Crippen LogP contribution < -0.4 is 10.1 Å². The van der Waals surface area contributed by atoms with Crippen molar-refractivity contribution in [3.8, 4) is 16.6 Å². The van der Waals surface area contributed by atoms with Gasteiger partial charge in [-0.05, 0) is 45.9 Å². The average Bonchev–Trinajstić information content (AvgIpc) is 3.19. The fourth-order valence-electron chi connectivity index (χ4n) is 2.41. The number of amides is 1. The van der Waals surface area contributed by atoms with E-state index in [0.29, 0.717) is 33.8 Å². The first-order valence-electron chi connectivity index (χ1n) is 8.37. The molecule has 0 atom stereocenters. The number of rotatable bonds is 6. The van der Waals surface area contributed by atoms with E-state index in [4.69, 9.17) is 9.15 Å². The molecule has 0 aromatic carbocycles.